The maximum atomic E-state index is 13.2. The number of nitrogens with zero attached hydrogens (tertiary/aromatic N) is 2. The van der Waals surface area contributed by atoms with Crippen molar-refractivity contribution in [3.63, 3.8) is 0 Å². The molecule has 0 spiro atoms. The van der Waals surface area contributed by atoms with Crippen LogP contribution in [0.2, 0.25) is 0 Å². The van der Waals surface area contributed by atoms with Crippen molar-refractivity contribution in [1.82, 2.24) is 9.62 Å². The van der Waals surface area contributed by atoms with Gasteiger partial charge in [0.25, 0.3) is 0 Å². The number of hydrogen-bond acceptors (Lipinski definition) is 4. The zero-order valence-electron chi connectivity index (χ0n) is 18.7. The van der Waals surface area contributed by atoms with Gasteiger partial charge in [-0.05, 0) is 82.1 Å². The summed E-state index contributed by atoms with van der Waals surface area (Å²) in [6.07, 6.45) is 5.91. The van der Waals surface area contributed by atoms with E-state index in [1.165, 1.54) is 9.21 Å². The smallest absolute Gasteiger partial charge is 0.243 e. The van der Waals surface area contributed by atoms with Crippen molar-refractivity contribution in [3.8, 4) is 0 Å². The molecule has 170 valence electrons. The molecule has 1 N–H and O–H groups in total. The van der Waals surface area contributed by atoms with E-state index >= 15 is 0 Å². The number of sulfonamides is 1. The van der Waals surface area contributed by atoms with Gasteiger partial charge in [0, 0.05) is 24.8 Å². The fourth-order valence-electron chi connectivity index (χ4n) is 5.03. The van der Waals surface area contributed by atoms with Crippen LogP contribution in [0.5, 0.6) is 0 Å². The van der Waals surface area contributed by atoms with E-state index < -0.39 is 15.4 Å². The largest absolute Gasteiger partial charge is 0.352 e. The van der Waals surface area contributed by atoms with E-state index in [-0.39, 0.29) is 29.3 Å². The predicted octanol–water partition coefficient (Wildman–Crippen LogP) is 2.79. The number of hydrogen-bond donors (Lipinski definition) is 1. The van der Waals surface area contributed by atoms with E-state index in [1.54, 1.807) is 32.0 Å². The molecule has 0 aromatic heterocycles. The van der Waals surface area contributed by atoms with E-state index in [9.17, 15) is 18.0 Å². The quantitative estimate of drug-likeness (QED) is 0.752. The maximum Gasteiger partial charge on any atom is 0.243 e. The number of fused-ring (bicyclic) bond motifs is 1. The highest BCUT2D eigenvalue weighted by molar-refractivity contribution is 7.89. The lowest BCUT2D eigenvalue weighted by Gasteiger charge is -2.28. The third-order valence-corrected chi connectivity index (χ3v) is 8.99. The van der Waals surface area contributed by atoms with Gasteiger partial charge in [-0.1, -0.05) is 6.92 Å². The molecule has 2 amide bonds. The van der Waals surface area contributed by atoms with Crippen molar-refractivity contribution in [2.75, 3.05) is 24.5 Å². The van der Waals surface area contributed by atoms with Gasteiger partial charge in [0.2, 0.25) is 21.8 Å². The van der Waals surface area contributed by atoms with Gasteiger partial charge < -0.3 is 10.2 Å². The first-order valence-corrected chi connectivity index (χ1v) is 12.8. The Morgan fingerprint density at radius 1 is 1.13 bits per heavy atom. The molecule has 4 rings (SSSR count). The fraction of sp³-hybridized carbons (Fsp3) is 0.652. The molecule has 31 heavy (non-hydrogen) atoms. The predicted molar refractivity (Wildman–Crippen MR) is 119 cm³/mol. The Hall–Kier alpha value is -1.93. The third kappa shape index (κ3) is 4.12. The second kappa shape index (κ2) is 8.20. The van der Waals surface area contributed by atoms with E-state index in [2.05, 4.69) is 12.2 Å². The Morgan fingerprint density at radius 2 is 1.77 bits per heavy atom. The van der Waals surface area contributed by atoms with Gasteiger partial charge in [-0.3, -0.25) is 9.59 Å². The summed E-state index contributed by atoms with van der Waals surface area (Å²) in [6, 6.07) is 5.04. The van der Waals surface area contributed by atoms with Crippen LogP contribution >= 0.6 is 0 Å². The minimum Gasteiger partial charge on any atom is -0.352 e. The molecule has 2 heterocycles. The normalized spacial score (nSPS) is 26.2. The molecule has 0 radical (unpaired) electrons. The summed E-state index contributed by atoms with van der Waals surface area (Å²) in [6.45, 7) is 6.85. The molecule has 3 aliphatic rings. The molecule has 0 unspecified atom stereocenters. The highest BCUT2D eigenvalue weighted by Crippen LogP contribution is 2.43. The Bertz CT molecular complexity index is 975. The molecule has 0 bridgehead atoms. The molecular formula is C23H33N3O4S. The monoisotopic (exact) mass is 447 g/mol. The first-order valence-electron chi connectivity index (χ1n) is 11.4. The molecule has 2 aliphatic heterocycles. The average Bonchev–Trinajstić information content (AvgIpc) is 3.33. The lowest BCUT2D eigenvalue weighted by Crippen LogP contribution is -2.46. The molecule has 2 fully saturated rings. The molecule has 1 aliphatic carbocycles. The molecule has 0 atom stereocenters. The van der Waals surface area contributed by atoms with Gasteiger partial charge in [-0.15, -0.1) is 0 Å². The van der Waals surface area contributed by atoms with E-state index in [4.69, 9.17) is 0 Å². The molecule has 1 aromatic rings. The van der Waals surface area contributed by atoms with Crippen LogP contribution in [0.25, 0.3) is 0 Å². The summed E-state index contributed by atoms with van der Waals surface area (Å²) >= 11 is 0. The van der Waals surface area contributed by atoms with E-state index in [0.717, 1.165) is 38.5 Å². The molecular weight excluding hydrogens is 414 g/mol. The van der Waals surface area contributed by atoms with Crippen LogP contribution in [0.1, 0.15) is 64.9 Å². The number of carbonyl (C=O) groups excluding carboxylic acids is 2. The van der Waals surface area contributed by atoms with Crippen LogP contribution in [0.4, 0.5) is 5.69 Å². The van der Waals surface area contributed by atoms with Crippen molar-refractivity contribution in [1.29, 1.82) is 0 Å². The summed E-state index contributed by atoms with van der Waals surface area (Å²) in [4.78, 5) is 27.6. The minimum atomic E-state index is -3.57. The van der Waals surface area contributed by atoms with Crippen molar-refractivity contribution in [2.45, 2.75) is 75.6 Å². The molecule has 1 saturated carbocycles. The lowest BCUT2D eigenvalue weighted by molar-refractivity contribution is -0.126. The van der Waals surface area contributed by atoms with Gasteiger partial charge in [0.1, 0.15) is 6.54 Å². The van der Waals surface area contributed by atoms with E-state index in [0.29, 0.717) is 30.3 Å². The van der Waals surface area contributed by atoms with Crippen LogP contribution in [-0.4, -0.2) is 50.2 Å². The van der Waals surface area contributed by atoms with Gasteiger partial charge in [-0.25, -0.2) is 8.42 Å². The lowest BCUT2D eigenvalue weighted by atomic mass is 9.86. The Balaban J connectivity index is 1.54. The van der Waals surface area contributed by atoms with Crippen molar-refractivity contribution < 1.29 is 18.0 Å². The van der Waals surface area contributed by atoms with Gasteiger partial charge in [0.05, 0.1) is 10.3 Å². The summed E-state index contributed by atoms with van der Waals surface area (Å²) < 4.78 is 27.5. The van der Waals surface area contributed by atoms with E-state index in [1.807, 2.05) is 0 Å². The molecule has 1 aromatic carbocycles. The zero-order valence-corrected chi connectivity index (χ0v) is 19.5. The number of benzene rings is 1. The summed E-state index contributed by atoms with van der Waals surface area (Å²) in [5.74, 6) is 0.364. The van der Waals surface area contributed by atoms with Crippen LogP contribution in [0.3, 0.4) is 0 Å². The molecule has 1 saturated heterocycles. The maximum absolute atomic E-state index is 13.2. The standard InChI is InChI=1S/C23H33N3O4S/c1-16-6-8-17(9-7-16)24-21(27)15-26-20-11-10-18(14-19(20)23(2,3)22(26)28)31(29,30)25-12-4-5-13-25/h10-11,14,16-17H,4-9,12-13,15H2,1-3H3,(H,24,27). The van der Waals surface area contributed by atoms with Crippen molar-refractivity contribution >= 4 is 27.5 Å². The van der Waals surface area contributed by atoms with Crippen LogP contribution in [-0.2, 0) is 25.0 Å². The minimum absolute atomic E-state index is 0.0421. The first-order chi connectivity index (χ1) is 14.6. The van der Waals surface area contributed by atoms with Crippen molar-refractivity contribution in [3.05, 3.63) is 23.8 Å². The second-order valence-electron chi connectivity index (χ2n) is 9.83. The SMILES string of the molecule is CC1CCC(NC(=O)CN2C(=O)C(C)(C)c3cc(S(=O)(=O)N4CCCC4)ccc32)CC1. The summed E-state index contributed by atoms with van der Waals surface area (Å²) in [5, 5.41) is 3.08. The summed E-state index contributed by atoms with van der Waals surface area (Å²) in [5.41, 5.74) is 0.409. The molecule has 7 nitrogen and oxygen atoms in total. The van der Waals surface area contributed by atoms with Crippen LogP contribution < -0.4 is 10.2 Å². The number of carbonyl (C=O) groups is 2. The first kappa shape index (κ1) is 22.3. The highest BCUT2D eigenvalue weighted by atomic mass is 32.2. The van der Waals surface area contributed by atoms with Gasteiger partial charge in [-0.2, -0.15) is 4.31 Å². The Morgan fingerprint density at radius 3 is 2.42 bits per heavy atom. The summed E-state index contributed by atoms with van der Waals surface area (Å²) in [7, 11) is -3.57. The van der Waals surface area contributed by atoms with Crippen LogP contribution in [0, 0.1) is 5.92 Å². The number of nitrogens with one attached hydrogen (secondary N) is 1. The number of anilines is 1. The van der Waals surface area contributed by atoms with Crippen molar-refractivity contribution in [2.24, 2.45) is 5.92 Å². The topological polar surface area (TPSA) is 86.8 Å². The molecule has 8 heteroatoms. The Kier molecular flexibility index (Phi) is 5.89. The second-order valence-corrected chi connectivity index (χ2v) is 11.8. The van der Waals surface area contributed by atoms with Crippen LogP contribution in [0.15, 0.2) is 23.1 Å². The Labute approximate surface area is 185 Å². The highest BCUT2D eigenvalue weighted by Gasteiger charge is 2.45. The fourth-order valence-corrected chi connectivity index (χ4v) is 6.57. The number of amides is 2. The number of rotatable bonds is 5. The van der Waals surface area contributed by atoms with Gasteiger partial charge in [0.15, 0.2) is 0 Å². The third-order valence-electron chi connectivity index (χ3n) is 7.10. The zero-order chi connectivity index (χ0) is 22.4. The average molecular weight is 448 g/mol. The van der Waals surface area contributed by atoms with Gasteiger partial charge >= 0.3 is 0 Å².